The predicted molar refractivity (Wildman–Crippen MR) is 66.7 cm³/mol. The van der Waals surface area contributed by atoms with E-state index in [4.69, 9.17) is 9.47 Å². The van der Waals surface area contributed by atoms with E-state index in [-0.39, 0.29) is 12.1 Å². The van der Waals surface area contributed by atoms with E-state index in [0.29, 0.717) is 5.92 Å². The van der Waals surface area contributed by atoms with E-state index in [1.54, 1.807) is 7.11 Å². The van der Waals surface area contributed by atoms with Crippen LogP contribution in [0.3, 0.4) is 0 Å². The Morgan fingerprint density at radius 2 is 1.88 bits per heavy atom. The summed E-state index contributed by atoms with van der Waals surface area (Å²) in [5.74, 6) is 0.187. The van der Waals surface area contributed by atoms with Crippen molar-refractivity contribution in [2.24, 2.45) is 5.92 Å². The first kappa shape index (κ1) is 14.0. The molecule has 0 bridgehead atoms. The van der Waals surface area contributed by atoms with E-state index < -0.39 is 4.32 Å². The van der Waals surface area contributed by atoms with Crippen LogP contribution < -0.4 is 0 Å². The minimum absolute atomic E-state index is 0.111. The number of rotatable bonds is 4. The summed E-state index contributed by atoms with van der Waals surface area (Å²) in [6, 6.07) is 0. The molecule has 0 unspecified atom stereocenters. The molecule has 0 heterocycles. The van der Waals surface area contributed by atoms with E-state index in [1.165, 1.54) is 26.4 Å². The molecule has 1 rings (SSSR count). The first-order chi connectivity index (χ1) is 7.54. The maximum Gasteiger partial charge on any atom is 0.325 e. The molecule has 1 aliphatic carbocycles. The van der Waals surface area contributed by atoms with Crippen molar-refractivity contribution in [1.82, 2.24) is 0 Å². The Morgan fingerprint density at radius 1 is 1.31 bits per heavy atom. The van der Waals surface area contributed by atoms with Gasteiger partial charge in [-0.3, -0.25) is 4.79 Å². The van der Waals surface area contributed by atoms with Gasteiger partial charge in [-0.1, -0.05) is 35.2 Å². The Bertz CT molecular complexity index is 234. The third-order valence-electron chi connectivity index (χ3n) is 3.45. The second-order valence-electron chi connectivity index (χ2n) is 4.62. The van der Waals surface area contributed by atoms with Crippen LogP contribution in [0.4, 0.5) is 0 Å². The summed E-state index contributed by atoms with van der Waals surface area (Å²) in [6.07, 6.45) is 5.92. The molecule has 0 saturated heterocycles. The van der Waals surface area contributed by atoms with Crippen molar-refractivity contribution in [2.75, 3.05) is 14.2 Å². The van der Waals surface area contributed by atoms with Crippen molar-refractivity contribution in [2.45, 2.75) is 49.5 Å². The number of methoxy groups -OCH3 is 2. The minimum Gasteiger partial charge on any atom is -0.468 e. The molecule has 16 heavy (non-hydrogen) atoms. The third kappa shape index (κ3) is 2.98. The number of ether oxygens (including phenoxy) is 2. The normalized spacial score (nSPS) is 23.5. The Hall–Kier alpha value is -0.0900. The number of hydrogen-bond acceptors (Lipinski definition) is 3. The summed E-state index contributed by atoms with van der Waals surface area (Å²) < 4.78 is 9.62. The number of hydrogen-bond donors (Lipinski definition) is 0. The number of halogens is 1. The van der Waals surface area contributed by atoms with Gasteiger partial charge in [0.25, 0.3) is 0 Å². The Labute approximate surface area is 106 Å². The number of esters is 1. The van der Waals surface area contributed by atoms with Gasteiger partial charge >= 0.3 is 5.97 Å². The lowest BCUT2D eigenvalue weighted by Gasteiger charge is -2.36. The van der Waals surface area contributed by atoms with Crippen LogP contribution in [0.1, 0.15) is 39.0 Å². The predicted octanol–water partition coefficient (Wildman–Crippen LogP) is 2.91. The van der Waals surface area contributed by atoms with E-state index >= 15 is 0 Å². The molecule has 1 saturated carbocycles. The lowest BCUT2D eigenvalue weighted by Crippen LogP contribution is -2.47. The molecule has 1 fully saturated rings. The SMILES string of the molecule is COC(=O)[C@](C)(Br)[C@H](OC)C1CCCCC1. The zero-order valence-corrected chi connectivity index (χ0v) is 11.9. The van der Waals surface area contributed by atoms with Gasteiger partial charge < -0.3 is 9.47 Å². The molecule has 3 nitrogen and oxygen atoms in total. The molecule has 0 aromatic rings. The highest BCUT2D eigenvalue weighted by Gasteiger charge is 2.44. The summed E-state index contributed by atoms with van der Waals surface area (Å²) in [4.78, 5) is 11.7. The third-order valence-corrected chi connectivity index (χ3v) is 4.23. The maximum absolute atomic E-state index is 11.7. The molecular weight excluding hydrogens is 272 g/mol. The topological polar surface area (TPSA) is 35.5 Å². The summed E-state index contributed by atoms with van der Waals surface area (Å²) in [5, 5.41) is 0. The number of carbonyl (C=O) groups is 1. The van der Waals surface area contributed by atoms with Gasteiger partial charge in [-0.15, -0.1) is 0 Å². The molecule has 0 aliphatic heterocycles. The van der Waals surface area contributed by atoms with Crippen molar-refractivity contribution in [3.8, 4) is 0 Å². The highest BCUT2D eigenvalue weighted by molar-refractivity contribution is 9.10. The lowest BCUT2D eigenvalue weighted by atomic mass is 9.80. The standard InChI is InChI=1S/C12H21BrO3/c1-12(13,11(14)16-3)10(15-2)9-7-5-4-6-8-9/h9-10H,4-8H2,1-3H3/t10-,12-/m1/s1. The molecule has 2 atom stereocenters. The molecule has 4 heteroatoms. The molecule has 0 spiro atoms. The van der Waals surface area contributed by atoms with Gasteiger partial charge in [0.2, 0.25) is 0 Å². The highest BCUT2D eigenvalue weighted by atomic mass is 79.9. The second kappa shape index (κ2) is 6.01. The van der Waals surface area contributed by atoms with Crippen LogP contribution >= 0.6 is 15.9 Å². The van der Waals surface area contributed by atoms with Gasteiger partial charge in [0.15, 0.2) is 0 Å². The van der Waals surface area contributed by atoms with E-state index in [1.807, 2.05) is 6.92 Å². The fourth-order valence-corrected chi connectivity index (χ4v) is 3.33. The molecular formula is C12H21BrO3. The van der Waals surface area contributed by atoms with Gasteiger partial charge in [0.05, 0.1) is 13.2 Å². The van der Waals surface area contributed by atoms with Crippen LogP contribution in [-0.2, 0) is 14.3 Å². The number of carbonyl (C=O) groups excluding carboxylic acids is 1. The first-order valence-corrected chi connectivity index (χ1v) is 6.63. The van der Waals surface area contributed by atoms with E-state index in [0.717, 1.165) is 12.8 Å². The molecule has 1 aliphatic rings. The van der Waals surface area contributed by atoms with E-state index in [2.05, 4.69) is 15.9 Å². The van der Waals surface area contributed by atoms with Crippen molar-refractivity contribution in [1.29, 1.82) is 0 Å². The summed E-state index contributed by atoms with van der Waals surface area (Å²) in [7, 11) is 3.08. The van der Waals surface area contributed by atoms with Crippen molar-refractivity contribution < 1.29 is 14.3 Å². The van der Waals surface area contributed by atoms with Gasteiger partial charge in [-0.05, 0) is 25.7 Å². The zero-order valence-electron chi connectivity index (χ0n) is 10.3. The minimum atomic E-state index is -0.738. The Kier molecular flexibility index (Phi) is 5.25. The summed E-state index contributed by atoms with van der Waals surface area (Å²) in [6.45, 7) is 1.83. The average molecular weight is 293 g/mol. The maximum atomic E-state index is 11.7. The van der Waals surface area contributed by atoms with Gasteiger partial charge in [0.1, 0.15) is 4.32 Å². The summed E-state index contributed by atoms with van der Waals surface area (Å²) >= 11 is 3.47. The Balaban J connectivity index is 2.74. The van der Waals surface area contributed by atoms with Gasteiger partial charge in [-0.25, -0.2) is 0 Å². The molecule has 0 N–H and O–H groups in total. The average Bonchev–Trinajstić information content (AvgIpc) is 2.30. The van der Waals surface area contributed by atoms with E-state index in [9.17, 15) is 4.79 Å². The van der Waals surface area contributed by atoms with Crippen molar-refractivity contribution >= 4 is 21.9 Å². The fourth-order valence-electron chi connectivity index (χ4n) is 2.61. The number of alkyl halides is 1. The quantitative estimate of drug-likeness (QED) is 0.590. The largest absolute Gasteiger partial charge is 0.468 e. The highest BCUT2D eigenvalue weighted by Crippen LogP contribution is 2.37. The monoisotopic (exact) mass is 292 g/mol. The Morgan fingerprint density at radius 3 is 2.31 bits per heavy atom. The van der Waals surface area contributed by atoms with Crippen LogP contribution in [0, 0.1) is 5.92 Å². The molecule has 0 aromatic heterocycles. The second-order valence-corrected chi connectivity index (χ2v) is 6.27. The van der Waals surface area contributed by atoms with Crippen molar-refractivity contribution in [3.63, 3.8) is 0 Å². The van der Waals surface area contributed by atoms with Crippen LogP contribution in [0.15, 0.2) is 0 Å². The fraction of sp³-hybridized carbons (Fsp3) is 0.917. The molecule has 0 radical (unpaired) electrons. The zero-order chi connectivity index (χ0) is 12.2. The van der Waals surface area contributed by atoms with Crippen LogP contribution in [0.5, 0.6) is 0 Å². The van der Waals surface area contributed by atoms with Gasteiger partial charge in [-0.2, -0.15) is 0 Å². The molecule has 0 aromatic carbocycles. The summed E-state index contributed by atoms with van der Waals surface area (Å²) in [5.41, 5.74) is 0. The smallest absolute Gasteiger partial charge is 0.325 e. The van der Waals surface area contributed by atoms with Gasteiger partial charge in [0, 0.05) is 7.11 Å². The first-order valence-electron chi connectivity index (χ1n) is 5.84. The van der Waals surface area contributed by atoms with Crippen LogP contribution in [-0.4, -0.2) is 30.6 Å². The van der Waals surface area contributed by atoms with Crippen LogP contribution in [0.25, 0.3) is 0 Å². The molecule has 0 amide bonds. The lowest BCUT2D eigenvalue weighted by molar-refractivity contribution is -0.148. The van der Waals surface area contributed by atoms with Crippen LogP contribution in [0.2, 0.25) is 0 Å². The molecule has 94 valence electrons. The van der Waals surface area contributed by atoms with Crippen molar-refractivity contribution in [3.05, 3.63) is 0 Å².